The van der Waals surface area contributed by atoms with Gasteiger partial charge in [-0.15, -0.1) is 0 Å². The van der Waals surface area contributed by atoms with E-state index in [-0.39, 0.29) is 0 Å². The van der Waals surface area contributed by atoms with E-state index >= 15 is 0 Å². The van der Waals surface area contributed by atoms with Crippen LogP contribution in [0.1, 0.15) is 50.4 Å². The van der Waals surface area contributed by atoms with E-state index in [1.165, 1.54) is 0 Å². The minimum atomic E-state index is -1.21. The van der Waals surface area contributed by atoms with Crippen molar-refractivity contribution in [2.45, 2.75) is 46.3 Å². The molecular weight excluding hydrogens is 278 g/mol. The number of pyridine rings is 1. The summed E-state index contributed by atoms with van der Waals surface area (Å²) in [6, 6.07) is 2.16. The van der Waals surface area contributed by atoms with Crippen LogP contribution in [-0.2, 0) is 5.72 Å². The summed E-state index contributed by atoms with van der Waals surface area (Å²) in [5.41, 5.74) is 0.995. The number of hydrogen-bond donors (Lipinski definition) is 2. The van der Waals surface area contributed by atoms with Crippen molar-refractivity contribution in [2.75, 3.05) is 18.4 Å². The molecule has 1 atom stereocenters. The zero-order valence-corrected chi connectivity index (χ0v) is 13.6. The largest absolute Gasteiger partial charge is 0.369 e. The normalized spacial score (nSPS) is 19.7. The van der Waals surface area contributed by atoms with Crippen LogP contribution in [0.3, 0.4) is 0 Å². The Hall–Kier alpha value is -2.13. The first-order chi connectivity index (χ1) is 10.5. The van der Waals surface area contributed by atoms with Gasteiger partial charge in [0.15, 0.2) is 5.72 Å². The maximum Gasteiger partial charge on any atom is 0.166 e. The molecule has 0 fully saturated rings. The molecule has 0 aromatic carbocycles. The molecule has 6 heteroatoms. The molecule has 0 saturated heterocycles. The van der Waals surface area contributed by atoms with Crippen LogP contribution in [0.5, 0.6) is 0 Å². The van der Waals surface area contributed by atoms with Gasteiger partial charge in [-0.3, -0.25) is 0 Å². The molecule has 0 amide bonds. The molecule has 0 aliphatic carbocycles. The van der Waals surface area contributed by atoms with Gasteiger partial charge in [-0.2, -0.15) is 5.26 Å². The van der Waals surface area contributed by atoms with Gasteiger partial charge in [-0.25, -0.2) is 9.98 Å². The highest BCUT2D eigenvalue weighted by atomic mass is 16.3. The average molecular weight is 301 g/mol. The zero-order chi connectivity index (χ0) is 16.3. The smallest absolute Gasteiger partial charge is 0.166 e. The number of aromatic nitrogens is 1. The number of nitrogens with zero attached hydrogens (tertiary/aromatic N) is 4. The number of anilines is 1. The summed E-state index contributed by atoms with van der Waals surface area (Å²) in [5.74, 6) is 0.524. The summed E-state index contributed by atoms with van der Waals surface area (Å²) in [7, 11) is 0. The Kier molecular flexibility index (Phi) is 4.67. The highest BCUT2D eigenvalue weighted by Crippen LogP contribution is 2.41. The fraction of sp³-hybridized carbons (Fsp3) is 0.562. The van der Waals surface area contributed by atoms with Gasteiger partial charge in [0, 0.05) is 18.8 Å². The van der Waals surface area contributed by atoms with E-state index in [0.717, 1.165) is 12.8 Å². The number of fused-ring (bicyclic) bond motifs is 1. The summed E-state index contributed by atoms with van der Waals surface area (Å²) in [6.45, 7) is 9.01. The lowest BCUT2D eigenvalue weighted by molar-refractivity contribution is -0.0591. The number of rotatable bonds is 5. The van der Waals surface area contributed by atoms with Gasteiger partial charge < -0.3 is 15.3 Å². The molecule has 2 heterocycles. The summed E-state index contributed by atoms with van der Waals surface area (Å²) in [5, 5.41) is 23.6. The minimum Gasteiger partial charge on any atom is -0.369 e. The fourth-order valence-corrected chi connectivity index (χ4v) is 2.77. The van der Waals surface area contributed by atoms with Gasteiger partial charge in [0.2, 0.25) is 0 Å². The Balaban J connectivity index is 2.58. The predicted molar refractivity (Wildman–Crippen MR) is 87.2 cm³/mol. The molecule has 2 N–H and O–H groups in total. The molecule has 0 bridgehead atoms. The molecule has 0 spiro atoms. The van der Waals surface area contributed by atoms with E-state index in [0.29, 0.717) is 41.4 Å². The van der Waals surface area contributed by atoms with Crippen LogP contribution in [0, 0.1) is 18.3 Å². The lowest BCUT2D eigenvalue weighted by Gasteiger charge is -2.40. The molecule has 2 rings (SSSR count). The van der Waals surface area contributed by atoms with Crippen LogP contribution in [0.25, 0.3) is 0 Å². The highest BCUT2D eigenvalue weighted by Gasteiger charge is 2.38. The summed E-state index contributed by atoms with van der Waals surface area (Å²) >= 11 is 0. The lowest BCUT2D eigenvalue weighted by atomic mass is 9.95. The second kappa shape index (κ2) is 6.32. The van der Waals surface area contributed by atoms with Crippen molar-refractivity contribution in [3.63, 3.8) is 0 Å². The first-order valence-corrected chi connectivity index (χ1v) is 7.69. The lowest BCUT2D eigenvalue weighted by Crippen LogP contribution is -2.46. The Morgan fingerprint density at radius 3 is 2.77 bits per heavy atom. The molecule has 1 aromatic heterocycles. The maximum atomic E-state index is 11.0. The van der Waals surface area contributed by atoms with Gasteiger partial charge in [-0.1, -0.05) is 13.3 Å². The van der Waals surface area contributed by atoms with Crippen LogP contribution >= 0.6 is 0 Å². The summed E-state index contributed by atoms with van der Waals surface area (Å²) < 4.78 is 0. The van der Waals surface area contributed by atoms with Crippen molar-refractivity contribution in [3.8, 4) is 6.07 Å². The molecule has 1 unspecified atom stereocenters. The van der Waals surface area contributed by atoms with Crippen LogP contribution in [0.4, 0.5) is 11.5 Å². The Morgan fingerprint density at radius 1 is 1.45 bits per heavy atom. The SMILES string of the molecule is CCCCN1C=Nc2c(C#N)c(NCC)nc(C)c2C1(C)O. The molecule has 1 aromatic rings. The van der Waals surface area contributed by atoms with E-state index < -0.39 is 5.72 Å². The third-order valence-electron chi connectivity index (χ3n) is 3.92. The van der Waals surface area contributed by atoms with Gasteiger partial charge in [0.05, 0.1) is 17.6 Å². The van der Waals surface area contributed by atoms with Gasteiger partial charge in [-0.05, 0) is 27.2 Å². The third-order valence-corrected chi connectivity index (χ3v) is 3.92. The highest BCUT2D eigenvalue weighted by molar-refractivity contribution is 5.78. The van der Waals surface area contributed by atoms with Crippen molar-refractivity contribution in [2.24, 2.45) is 4.99 Å². The molecule has 0 radical (unpaired) electrons. The van der Waals surface area contributed by atoms with Crippen LogP contribution in [0.2, 0.25) is 0 Å². The van der Waals surface area contributed by atoms with Crippen LogP contribution in [0.15, 0.2) is 4.99 Å². The van der Waals surface area contributed by atoms with Crippen LogP contribution in [-0.4, -0.2) is 34.4 Å². The molecule has 0 saturated carbocycles. The van der Waals surface area contributed by atoms with E-state index in [9.17, 15) is 10.4 Å². The first-order valence-electron chi connectivity index (χ1n) is 7.69. The van der Waals surface area contributed by atoms with E-state index in [2.05, 4.69) is 28.3 Å². The second-order valence-corrected chi connectivity index (χ2v) is 5.60. The van der Waals surface area contributed by atoms with Crippen molar-refractivity contribution >= 4 is 17.8 Å². The third kappa shape index (κ3) is 2.64. The Labute approximate surface area is 131 Å². The summed E-state index contributed by atoms with van der Waals surface area (Å²) in [6.07, 6.45) is 3.63. The summed E-state index contributed by atoms with van der Waals surface area (Å²) in [4.78, 5) is 10.7. The molecule has 1 aliphatic heterocycles. The molecule has 1 aliphatic rings. The average Bonchev–Trinajstić information content (AvgIpc) is 2.46. The number of unbranched alkanes of at least 4 members (excludes halogenated alkanes) is 1. The number of aryl methyl sites for hydroxylation is 1. The number of nitriles is 1. The molecular formula is C16H23N5O. The minimum absolute atomic E-state index is 0.383. The fourth-order valence-electron chi connectivity index (χ4n) is 2.77. The van der Waals surface area contributed by atoms with Crippen molar-refractivity contribution < 1.29 is 5.11 Å². The monoisotopic (exact) mass is 301 g/mol. The van der Waals surface area contributed by atoms with Crippen LogP contribution < -0.4 is 5.32 Å². The van der Waals surface area contributed by atoms with E-state index in [4.69, 9.17) is 0 Å². The molecule has 118 valence electrons. The van der Waals surface area contributed by atoms with Crippen molar-refractivity contribution in [1.29, 1.82) is 5.26 Å². The molecule has 22 heavy (non-hydrogen) atoms. The van der Waals surface area contributed by atoms with Gasteiger partial charge in [0.25, 0.3) is 0 Å². The number of hydrogen-bond acceptors (Lipinski definition) is 6. The predicted octanol–water partition coefficient (Wildman–Crippen LogP) is 2.63. The second-order valence-electron chi connectivity index (χ2n) is 5.60. The van der Waals surface area contributed by atoms with Crippen molar-refractivity contribution in [1.82, 2.24) is 9.88 Å². The topological polar surface area (TPSA) is 84.5 Å². The standard InChI is InChI=1S/C16H23N5O/c1-5-7-8-21-10-19-14-12(9-17)15(18-6-2)20-11(3)13(14)16(21,4)22/h10,22H,5-8H2,1-4H3,(H,18,20). The quantitative estimate of drug-likeness (QED) is 0.873. The zero-order valence-electron chi connectivity index (χ0n) is 13.6. The maximum absolute atomic E-state index is 11.0. The number of nitrogens with one attached hydrogen (secondary N) is 1. The number of aliphatic imine (C=N–C) groups is 1. The van der Waals surface area contributed by atoms with E-state index in [1.54, 1.807) is 13.3 Å². The first kappa shape index (κ1) is 16.2. The van der Waals surface area contributed by atoms with E-state index in [1.807, 2.05) is 18.7 Å². The van der Waals surface area contributed by atoms with Gasteiger partial charge in [0.1, 0.15) is 17.5 Å². The van der Waals surface area contributed by atoms with Gasteiger partial charge >= 0.3 is 0 Å². The number of aliphatic hydroxyl groups is 1. The Morgan fingerprint density at radius 2 is 2.18 bits per heavy atom. The molecule has 6 nitrogen and oxygen atoms in total. The van der Waals surface area contributed by atoms with Crippen molar-refractivity contribution in [3.05, 3.63) is 16.8 Å². The Bertz CT molecular complexity index is 630.